The summed E-state index contributed by atoms with van der Waals surface area (Å²) in [6.45, 7) is 1.77. The zero-order valence-electron chi connectivity index (χ0n) is 11.4. The highest BCUT2D eigenvalue weighted by Crippen LogP contribution is 2.12. The molecule has 5 nitrogen and oxygen atoms in total. The van der Waals surface area contributed by atoms with E-state index in [4.69, 9.17) is 0 Å². The maximum Gasteiger partial charge on any atom is 0.251 e. The first kappa shape index (κ1) is 13.5. The monoisotopic (exact) mass is 260 g/mol. The lowest BCUT2D eigenvalue weighted by Crippen LogP contribution is -2.25. The number of hydrogen-bond donors (Lipinski definition) is 2. The number of H-pyrrole nitrogens is 1. The van der Waals surface area contributed by atoms with Crippen molar-refractivity contribution in [3.8, 4) is 0 Å². The third-order valence-corrected chi connectivity index (χ3v) is 3.02. The summed E-state index contributed by atoms with van der Waals surface area (Å²) in [4.78, 5) is 14.1. The number of nitrogens with zero attached hydrogens (tertiary/aromatic N) is 2. The summed E-state index contributed by atoms with van der Waals surface area (Å²) >= 11 is 0. The molecule has 0 bridgehead atoms. The van der Waals surface area contributed by atoms with E-state index in [1.54, 1.807) is 6.20 Å². The number of carbonyl (C=O) groups excluding carboxylic acids is 1. The first-order valence-corrected chi connectivity index (χ1v) is 6.53. The van der Waals surface area contributed by atoms with Gasteiger partial charge in [0.15, 0.2) is 0 Å². The van der Waals surface area contributed by atoms with E-state index in [-0.39, 0.29) is 5.91 Å². The molecule has 2 aromatic rings. The van der Waals surface area contributed by atoms with Gasteiger partial charge in [0.2, 0.25) is 0 Å². The molecule has 0 fully saturated rings. The molecule has 0 saturated heterocycles. The van der Waals surface area contributed by atoms with Crippen LogP contribution in [-0.4, -0.2) is 48.2 Å². The van der Waals surface area contributed by atoms with Crippen molar-refractivity contribution in [2.75, 3.05) is 27.2 Å². The van der Waals surface area contributed by atoms with Crippen LogP contribution in [0.15, 0.2) is 24.4 Å². The highest BCUT2D eigenvalue weighted by molar-refractivity contribution is 5.97. The van der Waals surface area contributed by atoms with Gasteiger partial charge in [-0.15, -0.1) is 0 Å². The molecule has 102 valence electrons. The molecule has 0 atom stereocenters. The van der Waals surface area contributed by atoms with Crippen molar-refractivity contribution in [2.24, 2.45) is 0 Å². The Morgan fingerprint density at radius 3 is 3.00 bits per heavy atom. The molecule has 5 heteroatoms. The van der Waals surface area contributed by atoms with E-state index in [2.05, 4.69) is 34.5 Å². The van der Waals surface area contributed by atoms with Crippen molar-refractivity contribution in [1.82, 2.24) is 20.4 Å². The lowest BCUT2D eigenvalue weighted by molar-refractivity contribution is 0.0953. The fraction of sp³-hybridized carbons (Fsp3) is 0.429. The van der Waals surface area contributed by atoms with Crippen LogP contribution < -0.4 is 5.32 Å². The van der Waals surface area contributed by atoms with Crippen LogP contribution in [-0.2, 0) is 0 Å². The van der Waals surface area contributed by atoms with E-state index in [1.807, 2.05) is 18.2 Å². The van der Waals surface area contributed by atoms with Gasteiger partial charge in [0.1, 0.15) is 0 Å². The van der Waals surface area contributed by atoms with Gasteiger partial charge < -0.3 is 10.2 Å². The first-order valence-electron chi connectivity index (χ1n) is 6.53. The van der Waals surface area contributed by atoms with Gasteiger partial charge in [-0.2, -0.15) is 5.10 Å². The Balaban J connectivity index is 1.82. The lowest BCUT2D eigenvalue weighted by Gasteiger charge is -2.09. The molecule has 2 N–H and O–H groups in total. The maximum absolute atomic E-state index is 12.0. The molecule has 0 radical (unpaired) electrons. The summed E-state index contributed by atoms with van der Waals surface area (Å²) < 4.78 is 0. The second kappa shape index (κ2) is 6.33. The molecule has 1 heterocycles. The van der Waals surface area contributed by atoms with E-state index in [1.165, 1.54) is 0 Å². The van der Waals surface area contributed by atoms with Crippen molar-refractivity contribution >= 4 is 16.8 Å². The normalized spacial score (nSPS) is 11.1. The second-order valence-corrected chi connectivity index (χ2v) is 4.94. The van der Waals surface area contributed by atoms with Crippen LogP contribution in [0.1, 0.15) is 23.2 Å². The van der Waals surface area contributed by atoms with E-state index in [0.29, 0.717) is 5.56 Å². The van der Waals surface area contributed by atoms with Gasteiger partial charge in [0.25, 0.3) is 5.91 Å². The van der Waals surface area contributed by atoms with Crippen LogP contribution in [0.25, 0.3) is 10.9 Å². The van der Waals surface area contributed by atoms with E-state index >= 15 is 0 Å². The van der Waals surface area contributed by atoms with Crippen LogP contribution >= 0.6 is 0 Å². The molecule has 2 rings (SSSR count). The number of fused-ring (bicyclic) bond motifs is 1. The number of aromatic amines is 1. The summed E-state index contributed by atoms with van der Waals surface area (Å²) in [5, 5.41) is 10.7. The predicted molar refractivity (Wildman–Crippen MR) is 76.2 cm³/mol. The van der Waals surface area contributed by atoms with Crippen LogP contribution in [0, 0.1) is 0 Å². The molecule has 19 heavy (non-hydrogen) atoms. The molecular formula is C14H20N4O. The first-order chi connectivity index (χ1) is 9.16. The fourth-order valence-electron chi connectivity index (χ4n) is 1.94. The van der Waals surface area contributed by atoms with E-state index in [9.17, 15) is 4.79 Å². The number of carbonyl (C=O) groups is 1. The molecule has 1 aromatic carbocycles. The fourth-order valence-corrected chi connectivity index (χ4v) is 1.94. The summed E-state index contributed by atoms with van der Waals surface area (Å²) in [7, 11) is 4.11. The smallest absolute Gasteiger partial charge is 0.251 e. The van der Waals surface area contributed by atoms with Gasteiger partial charge in [0, 0.05) is 17.5 Å². The Labute approximate surface area is 113 Å². The molecule has 0 aliphatic carbocycles. The number of aromatic nitrogens is 2. The largest absolute Gasteiger partial charge is 0.352 e. The Kier molecular flexibility index (Phi) is 4.52. The highest BCUT2D eigenvalue weighted by Gasteiger charge is 2.06. The van der Waals surface area contributed by atoms with Crippen LogP contribution in [0.4, 0.5) is 0 Å². The molecule has 0 aliphatic heterocycles. The number of amides is 1. The number of rotatable bonds is 6. The topological polar surface area (TPSA) is 61.0 Å². The van der Waals surface area contributed by atoms with Gasteiger partial charge in [-0.25, -0.2) is 0 Å². The van der Waals surface area contributed by atoms with Gasteiger partial charge in [0.05, 0.1) is 11.7 Å². The maximum atomic E-state index is 12.0. The van der Waals surface area contributed by atoms with Crippen molar-refractivity contribution in [2.45, 2.75) is 12.8 Å². The zero-order valence-corrected chi connectivity index (χ0v) is 11.4. The van der Waals surface area contributed by atoms with Gasteiger partial charge in [-0.3, -0.25) is 9.89 Å². The summed E-state index contributed by atoms with van der Waals surface area (Å²) in [5.41, 5.74) is 1.63. The zero-order chi connectivity index (χ0) is 13.7. The van der Waals surface area contributed by atoms with Gasteiger partial charge in [-0.1, -0.05) is 0 Å². The summed E-state index contributed by atoms with van der Waals surface area (Å²) in [6.07, 6.45) is 3.81. The molecule has 0 spiro atoms. The molecule has 0 aliphatic rings. The minimum absolute atomic E-state index is 0.0204. The average molecular weight is 260 g/mol. The third kappa shape index (κ3) is 3.79. The Morgan fingerprint density at radius 2 is 2.21 bits per heavy atom. The Morgan fingerprint density at radius 1 is 1.37 bits per heavy atom. The lowest BCUT2D eigenvalue weighted by atomic mass is 10.1. The molecule has 1 aromatic heterocycles. The highest BCUT2D eigenvalue weighted by atomic mass is 16.1. The minimum Gasteiger partial charge on any atom is -0.352 e. The number of nitrogens with one attached hydrogen (secondary N) is 2. The van der Waals surface area contributed by atoms with Gasteiger partial charge >= 0.3 is 0 Å². The third-order valence-electron chi connectivity index (χ3n) is 3.02. The predicted octanol–water partition coefficient (Wildman–Crippen LogP) is 1.63. The van der Waals surface area contributed by atoms with Crippen LogP contribution in [0.3, 0.4) is 0 Å². The number of unbranched alkanes of at least 4 members (excludes halogenated alkanes) is 1. The van der Waals surface area contributed by atoms with Crippen LogP contribution in [0.5, 0.6) is 0 Å². The average Bonchev–Trinajstić information content (AvgIpc) is 2.84. The number of hydrogen-bond acceptors (Lipinski definition) is 3. The summed E-state index contributed by atoms with van der Waals surface area (Å²) in [5.74, 6) is -0.0204. The van der Waals surface area contributed by atoms with E-state index < -0.39 is 0 Å². The molecular weight excluding hydrogens is 240 g/mol. The Hall–Kier alpha value is -1.88. The quantitative estimate of drug-likeness (QED) is 0.776. The van der Waals surface area contributed by atoms with Gasteiger partial charge in [-0.05, 0) is 51.7 Å². The molecule has 1 amide bonds. The SMILES string of the molecule is CN(C)CCCCNC(=O)c1ccc2[nH]ncc2c1. The van der Waals surface area contributed by atoms with Crippen molar-refractivity contribution in [3.63, 3.8) is 0 Å². The summed E-state index contributed by atoms with van der Waals surface area (Å²) in [6, 6.07) is 5.55. The molecule has 0 unspecified atom stereocenters. The van der Waals surface area contributed by atoms with Crippen LogP contribution in [0.2, 0.25) is 0 Å². The van der Waals surface area contributed by atoms with E-state index in [0.717, 1.165) is 36.8 Å². The van der Waals surface area contributed by atoms with Crippen molar-refractivity contribution < 1.29 is 4.79 Å². The molecule has 0 saturated carbocycles. The Bertz CT molecular complexity index is 547. The van der Waals surface area contributed by atoms with Crippen molar-refractivity contribution in [1.29, 1.82) is 0 Å². The minimum atomic E-state index is -0.0204. The standard InChI is InChI=1S/C14H20N4O/c1-18(2)8-4-3-7-15-14(19)11-5-6-13-12(9-11)10-16-17-13/h5-6,9-10H,3-4,7-8H2,1-2H3,(H,15,19)(H,16,17). The second-order valence-electron chi connectivity index (χ2n) is 4.94. The number of benzene rings is 1. The van der Waals surface area contributed by atoms with Crippen molar-refractivity contribution in [3.05, 3.63) is 30.0 Å².